The van der Waals surface area contributed by atoms with E-state index in [9.17, 15) is 9.18 Å². The number of piperazine rings is 1. The molecule has 0 saturated carbocycles. The van der Waals surface area contributed by atoms with Crippen LogP contribution in [0.15, 0.2) is 46.3 Å². The van der Waals surface area contributed by atoms with E-state index < -0.39 is 0 Å². The molecule has 1 saturated heterocycles. The van der Waals surface area contributed by atoms with Gasteiger partial charge in [-0.25, -0.2) is 4.39 Å². The Morgan fingerprint density at radius 3 is 2.64 bits per heavy atom. The number of amides is 1. The molecule has 1 aliphatic heterocycles. The third-order valence-corrected chi connectivity index (χ3v) is 5.70. The first-order valence-corrected chi connectivity index (χ1v) is 10.2. The van der Waals surface area contributed by atoms with Crippen LogP contribution in [0, 0.1) is 5.82 Å². The van der Waals surface area contributed by atoms with Crippen LogP contribution in [0.4, 0.5) is 4.39 Å². The summed E-state index contributed by atoms with van der Waals surface area (Å²) in [6.07, 6.45) is 1.08. The van der Waals surface area contributed by atoms with E-state index in [2.05, 4.69) is 15.0 Å². The SMILES string of the molecule is O=C(CCc1ccc(F)cc1)N1CCN(Cc2nc(-c3cccs3)no2)CC1. The standard InChI is InChI=1S/C20H21FN4O2S/c21-16-6-3-15(4-7-16)5-8-19(26)25-11-9-24(10-12-25)14-18-22-20(23-27-18)17-2-1-13-28-17/h1-4,6-7,13H,5,8-12,14H2. The van der Waals surface area contributed by atoms with Crippen molar-refractivity contribution in [2.24, 2.45) is 0 Å². The van der Waals surface area contributed by atoms with Crippen molar-refractivity contribution in [2.75, 3.05) is 26.2 Å². The summed E-state index contributed by atoms with van der Waals surface area (Å²) in [6.45, 7) is 3.52. The van der Waals surface area contributed by atoms with Crippen molar-refractivity contribution in [3.05, 3.63) is 59.0 Å². The zero-order chi connectivity index (χ0) is 19.3. The summed E-state index contributed by atoms with van der Waals surface area (Å²) in [5, 5.41) is 6.02. The Morgan fingerprint density at radius 2 is 1.93 bits per heavy atom. The van der Waals surface area contributed by atoms with E-state index in [1.165, 1.54) is 12.1 Å². The van der Waals surface area contributed by atoms with Gasteiger partial charge in [0.05, 0.1) is 11.4 Å². The molecule has 6 nitrogen and oxygen atoms in total. The first-order valence-electron chi connectivity index (χ1n) is 9.28. The first-order chi connectivity index (χ1) is 13.7. The fourth-order valence-electron chi connectivity index (χ4n) is 3.23. The lowest BCUT2D eigenvalue weighted by Crippen LogP contribution is -2.48. The number of nitrogens with zero attached hydrogens (tertiary/aromatic N) is 4. The summed E-state index contributed by atoms with van der Waals surface area (Å²) in [6, 6.07) is 10.3. The molecule has 4 rings (SSSR count). The lowest BCUT2D eigenvalue weighted by molar-refractivity contribution is -0.133. The fraction of sp³-hybridized carbons (Fsp3) is 0.350. The highest BCUT2D eigenvalue weighted by Crippen LogP contribution is 2.21. The molecule has 146 valence electrons. The van der Waals surface area contributed by atoms with Crippen LogP contribution in [0.1, 0.15) is 17.9 Å². The van der Waals surface area contributed by atoms with Gasteiger partial charge in [-0.3, -0.25) is 9.69 Å². The van der Waals surface area contributed by atoms with Gasteiger partial charge in [0, 0.05) is 32.6 Å². The van der Waals surface area contributed by atoms with E-state index in [4.69, 9.17) is 4.52 Å². The minimum atomic E-state index is -0.255. The van der Waals surface area contributed by atoms with Crippen molar-refractivity contribution in [1.82, 2.24) is 19.9 Å². The van der Waals surface area contributed by atoms with Crippen LogP contribution in [-0.2, 0) is 17.8 Å². The van der Waals surface area contributed by atoms with Gasteiger partial charge in [0.15, 0.2) is 0 Å². The van der Waals surface area contributed by atoms with Gasteiger partial charge in [-0.2, -0.15) is 4.98 Å². The number of benzene rings is 1. The molecule has 0 spiro atoms. The number of aromatic nitrogens is 2. The molecule has 1 aromatic carbocycles. The Kier molecular flexibility index (Phi) is 5.78. The van der Waals surface area contributed by atoms with Crippen LogP contribution < -0.4 is 0 Å². The van der Waals surface area contributed by atoms with Gasteiger partial charge < -0.3 is 9.42 Å². The third-order valence-electron chi connectivity index (χ3n) is 4.83. The summed E-state index contributed by atoms with van der Waals surface area (Å²) in [4.78, 5) is 22.0. The van der Waals surface area contributed by atoms with E-state index in [-0.39, 0.29) is 11.7 Å². The van der Waals surface area contributed by atoms with E-state index in [0.29, 0.717) is 44.2 Å². The van der Waals surface area contributed by atoms with Crippen molar-refractivity contribution in [3.8, 4) is 10.7 Å². The summed E-state index contributed by atoms with van der Waals surface area (Å²) in [5.41, 5.74) is 0.978. The Bertz CT molecular complexity index is 903. The number of halogens is 1. The molecule has 1 aliphatic rings. The highest BCUT2D eigenvalue weighted by atomic mass is 32.1. The predicted molar refractivity (Wildman–Crippen MR) is 104 cm³/mol. The molecular formula is C20H21FN4O2S. The zero-order valence-corrected chi connectivity index (χ0v) is 16.2. The van der Waals surface area contributed by atoms with Crippen LogP contribution >= 0.6 is 11.3 Å². The molecule has 2 aromatic heterocycles. The van der Waals surface area contributed by atoms with E-state index >= 15 is 0 Å². The Morgan fingerprint density at radius 1 is 1.14 bits per heavy atom. The summed E-state index contributed by atoms with van der Waals surface area (Å²) >= 11 is 1.58. The smallest absolute Gasteiger partial charge is 0.241 e. The maximum atomic E-state index is 12.9. The molecule has 0 aliphatic carbocycles. The number of thiophene rings is 1. The van der Waals surface area contributed by atoms with Crippen molar-refractivity contribution in [1.29, 1.82) is 0 Å². The van der Waals surface area contributed by atoms with Crippen LogP contribution in [0.2, 0.25) is 0 Å². The molecule has 1 amide bonds. The normalized spacial score (nSPS) is 15.1. The van der Waals surface area contributed by atoms with Crippen molar-refractivity contribution < 1.29 is 13.7 Å². The van der Waals surface area contributed by atoms with Gasteiger partial charge in [0.1, 0.15) is 5.82 Å². The third kappa shape index (κ3) is 4.63. The topological polar surface area (TPSA) is 62.5 Å². The number of hydrogen-bond donors (Lipinski definition) is 0. The number of rotatable bonds is 6. The van der Waals surface area contributed by atoms with Crippen molar-refractivity contribution >= 4 is 17.2 Å². The maximum absolute atomic E-state index is 12.9. The van der Waals surface area contributed by atoms with Crippen LogP contribution in [0.5, 0.6) is 0 Å². The second-order valence-electron chi connectivity index (χ2n) is 6.77. The lowest BCUT2D eigenvalue weighted by Gasteiger charge is -2.34. The summed E-state index contributed by atoms with van der Waals surface area (Å²) in [5.74, 6) is 1.11. The minimum absolute atomic E-state index is 0.141. The molecule has 28 heavy (non-hydrogen) atoms. The van der Waals surface area contributed by atoms with Crippen molar-refractivity contribution in [3.63, 3.8) is 0 Å². The molecule has 0 N–H and O–H groups in total. The van der Waals surface area contributed by atoms with Crippen molar-refractivity contribution in [2.45, 2.75) is 19.4 Å². The van der Waals surface area contributed by atoms with Gasteiger partial charge in [0.25, 0.3) is 0 Å². The molecule has 0 unspecified atom stereocenters. The number of carbonyl (C=O) groups excluding carboxylic acids is 1. The van der Waals surface area contributed by atoms with Crippen LogP contribution in [0.25, 0.3) is 10.7 Å². The molecular weight excluding hydrogens is 379 g/mol. The zero-order valence-electron chi connectivity index (χ0n) is 15.4. The van der Waals surface area contributed by atoms with Gasteiger partial charge in [0.2, 0.25) is 17.6 Å². The fourth-order valence-corrected chi connectivity index (χ4v) is 3.88. The van der Waals surface area contributed by atoms with Gasteiger partial charge in [-0.1, -0.05) is 23.4 Å². The van der Waals surface area contributed by atoms with Gasteiger partial charge >= 0.3 is 0 Å². The first kappa shape index (κ1) is 18.8. The van der Waals surface area contributed by atoms with Gasteiger partial charge in [-0.05, 0) is 35.6 Å². The average Bonchev–Trinajstić information content (AvgIpc) is 3.40. The van der Waals surface area contributed by atoms with Crippen LogP contribution in [0.3, 0.4) is 0 Å². The number of hydrogen-bond acceptors (Lipinski definition) is 6. The van der Waals surface area contributed by atoms with Gasteiger partial charge in [-0.15, -0.1) is 11.3 Å². The molecule has 0 radical (unpaired) electrons. The maximum Gasteiger partial charge on any atom is 0.241 e. The Balaban J connectivity index is 1.23. The predicted octanol–water partition coefficient (Wildman–Crippen LogP) is 3.21. The monoisotopic (exact) mass is 400 g/mol. The quantitative estimate of drug-likeness (QED) is 0.636. The summed E-state index contributed by atoms with van der Waals surface area (Å²) in [7, 11) is 0. The molecule has 0 atom stereocenters. The molecule has 3 aromatic rings. The minimum Gasteiger partial charge on any atom is -0.340 e. The highest BCUT2D eigenvalue weighted by molar-refractivity contribution is 7.13. The largest absolute Gasteiger partial charge is 0.340 e. The van der Waals surface area contributed by atoms with Crippen LogP contribution in [-0.4, -0.2) is 52.0 Å². The second-order valence-corrected chi connectivity index (χ2v) is 7.72. The van der Waals surface area contributed by atoms with E-state index in [1.807, 2.05) is 22.4 Å². The van der Waals surface area contributed by atoms with E-state index in [1.54, 1.807) is 23.5 Å². The Hall–Kier alpha value is -2.58. The molecule has 0 bridgehead atoms. The van der Waals surface area contributed by atoms with E-state index in [0.717, 1.165) is 23.5 Å². The number of carbonyl (C=O) groups is 1. The highest BCUT2D eigenvalue weighted by Gasteiger charge is 2.22. The Labute approximate surface area is 166 Å². The average molecular weight is 400 g/mol. The lowest BCUT2D eigenvalue weighted by atomic mass is 10.1. The molecule has 8 heteroatoms. The summed E-state index contributed by atoms with van der Waals surface area (Å²) < 4.78 is 18.3. The molecule has 3 heterocycles. The molecule has 1 fully saturated rings. The number of aryl methyl sites for hydroxylation is 1. The second kappa shape index (κ2) is 8.62.